The Balaban J connectivity index is 2.06. The van der Waals surface area contributed by atoms with Crippen LogP contribution in [0.25, 0.3) is 27.9 Å². The van der Waals surface area contributed by atoms with Gasteiger partial charge in [0, 0.05) is 39.0 Å². The molecule has 146 valence electrons. The molecular formula is C23H13Cl2N3O2. The minimum atomic E-state index is -0.349. The van der Waals surface area contributed by atoms with Gasteiger partial charge >= 0.3 is 0 Å². The number of nitriles is 1. The molecule has 0 bridgehead atoms. The van der Waals surface area contributed by atoms with Crippen molar-refractivity contribution in [3.05, 3.63) is 110 Å². The average molecular weight is 434 g/mol. The predicted molar refractivity (Wildman–Crippen MR) is 117 cm³/mol. The van der Waals surface area contributed by atoms with Crippen LogP contribution in [0.2, 0.25) is 10.0 Å². The van der Waals surface area contributed by atoms with E-state index in [1.54, 1.807) is 60.8 Å². The zero-order valence-corrected chi connectivity index (χ0v) is 16.9. The van der Waals surface area contributed by atoms with Gasteiger partial charge in [-0.05, 0) is 42.0 Å². The summed E-state index contributed by atoms with van der Waals surface area (Å²) in [5.41, 5.74) is 2.68. The molecule has 30 heavy (non-hydrogen) atoms. The Morgan fingerprint density at radius 3 is 2.37 bits per heavy atom. The second-order valence-electron chi connectivity index (χ2n) is 6.56. The van der Waals surface area contributed by atoms with Crippen molar-refractivity contribution in [1.29, 1.82) is 5.26 Å². The number of aromatic nitrogens is 2. The molecule has 0 aliphatic heterocycles. The molecule has 0 aliphatic rings. The smallest absolute Gasteiger partial charge is 0.263 e. The summed E-state index contributed by atoms with van der Waals surface area (Å²) >= 11 is 12.3. The van der Waals surface area contributed by atoms with E-state index in [0.29, 0.717) is 48.3 Å². The molecule has 0 unspecified atom stereocenters. The average Bonchev–Trinajstić information content (AvgIpc) is 2.73. The molecule has 0 fully saturated rings. The molecule has 0 aliphatic carbocycles. The maximum atomic E-state index is 13.3. The lowest BCUT2D eigenvalue weighted by Crippen LogP contribution is -2.28. The van der Waals surface area contributed by atoms with E-state index in [0.717, 1.165) is 0 Å². The van der Waals surface area contributed by atoms with E-state index in [4.69, 9.17) is 23.2 Å². The Kier molecular flexibility index (Phi) is 5.28. The Labute approximate surface area is 182 Å². The lowest BCUT2D eigenvalue weighted by atomic mass is 9.98. The summed E-state index contributed by atoms with van der Waals surface area (Å²) in [5.74, 6) is 0. The zero-order chi connectivity index (χ0) is 21.3. The van der Waals surface area contributed by atoms with Crippen molar-refractivity contribution >= 4 is 23.2 Å². The van der Waals surface area contributed by atoms with E-state index in [9.17, 15) is 15.3 Å². The third-order valence-corrected chi connectivity index (χ3v) is 5.02. The van der Waals surface area contributed by atoms with Crippen LogP contribution < -0.4 is 10.3 Å². The molecule has 2 aromatic carbocycles. The van der Waals surface area contributed by atoms with Crippen molar-refractivity contribution in [2.24, 2.45) is 0 Å². The Hall–Kier alpha value is -3.59. The topological polar surface area (TPSA) is 72.7 Å². The number of nitrogens with zero attached hydrogens (tertiary/aromatic N) is 3. The van der Waals surface area contributed by atoms with Gasteiger partial charge in [0.25, 0.3) is 5.56 Å². The number of hydrogen-bond donors (Lipinski definition) is 0. The van der Waals surface area contributed by atoms with Gasteiger partial charge in [0.05, 0.1) is 11.6 Å². The maximum absolute atomic E-state index is 13.3. The van der Waals surface area contributed by atoms with Gasteiger partial charge in [-0.15, -0.1) is 0 Å². The summed E-state index contributed by atoms with van der Waals surface area (Å²) in [4.78, 5) is 13.3. The van der Waals surface area contributed by atoms with Crippen molar-refractivity contribution < 1.29 is 4.73 Å². The number of hydrogen-bond acceptors (Lipinski definition) is 3. The third-order valence-electron chi connectivity index (χ3n) is 4.59. The molecule has 2 heterocycles. The van der Waals surface area contributed by atoms with E-state index < -0.39 is 0 Å². The largest absolute Gasteiger partial charge is 0.619 e. The quantitative estimate of drug-likeness (QED) is 0.337. The van der Waals surface area contributed by atoms with Crippen molar-refractivity contribution in [3.63, 3.8) is 0 Å². The Morgan fingerprint density at radius 2 is 1.67 bits per heavy atom. The van der Waals surface area contributed by atoms with Gasteiger partial charge in [-0.1, -0.05) is 41.4 Å². The van der Waals surface area contributed by atoms with E-state index in [-0.39, 0.29) is 5.56 Å². The first-order valence-electron chi connectivity index (χ1n) is 8.88. The second-order valence-corrected chi connectivity index (χ2v) is 7.43. The van der Waals surface area contributed by atoms with Gasteiger partial charge in [-0.2, -0.15) is 9.99 Å². The van der Waals surface area contributed by atoms with Gasteiger partial charge < -0.3 is 5.21 Å². The van der Waals surface area contributed by atoms with Crippen LogP contribution >= 0.6 is 23.2 Å². The van der Waals surface area contributed by atoms with Crippen LogP contribution in [0.15, 0.2) is 84.0 Å². The highest BCUT2D eigenvalue weighted by atomic mass is 35.5. The fourth-order valence-electron chi connectivity index (χ4n) is 3.25. The molecule has 0 saturated carbocycles. The Bertz CT molecular complexity index is 1350. The molecule has 0 saturated heterocycles. The standard InChI is InChI=1S/C23H13Cl2N3O2/c24-18-8-16(9-19(25)11-18)22-10-17(21-6-2-1-4-15(21)12-26)13-28(23(22)29)20-5-3-7-27(30)14-20/h1-11,13-14H. The zero-order valence-electron chi connectivity index (χ0n) is 15.4. The van der Waals surface area contributed by atoms with Crippen LogP contribution in [-0.2, 0) is 0 Å². The summed E-state index contributed by atoms with van der Waals surface area (Å²) in [6.45, 7) is 0. The molecule has 2 aromatic heterocycles. The minimum Gasteiger partial charge on any atom is -0.619 e. The molecule has 0 amide bonds. The van der Waals surface area contributed by atoms with Crippen molar-refractivity contribution in [2.75, 3.05) is 0 Å². The molecule has 7 heteroatoms. The SMILES string of the molecule is N#Cc1ccccc1-c1cc(-c2cc(Cl)cc(Cl)c2)c(=O)n(-c2ccc[n+]([O-])c2)c1. The van der Waals surface area contributed by atoms with Crippen LogP contribution in [0.3, 0.4) is 0 Å². The first-order chi connectivity index (χ1) is 14.5. The molecular weight excluding hydrogens is 421 g/mol. The van der Waals surface area contributed by atoms with Gasteiger partial charge in [0.2, 0.25) is 6.20 Å². The van der Waals surface area contributed by atoms with Crippen molar-refractivity contribution in [2.45, 2.75) is 0 Å². The molecule has 0 spiro atoms. The summed E-state index contributed by atoms with van der Waals surface area (Å²) in [6, 6.07) is 19.0. The second kappa shape index (κ2) is 8.03. The fourth-order valence-corrected chi connectivity index (χ4v) is 3.78. The monoisotopic (exact) mass is 433 g/mol. The molecule has 0 atom stereocenters. The first kappa shape index (κ1) is 19.7. The predicted octanol–water partition coefficient (Wildman–Crippen LogP) is 4.98. The summed E-state index contributed by atoms with van der Waals surface area (Å²) in [5, 5.41) is 22.1. The molecule has 5 nitrogen and oxygen atoms in total. The molecule has 4 rings (SSSR count). The van der Waals surface area contributed by atoms with Crippen molar-refractivity contribution in [1.82, 2.24) is 4.57 Å². The Morgan fingerprint density at radius 1 is 0.933 bits per heavy atom. The van der Waals surface area contributed by atoms with Gasteiger partial charge in [-0.3, -0.25) is 9.36 Å². The lowest BCUT2D eigenvalue weighted by molar-refractivity contribution is -0.605. The number of benzene rings is 2. The molecule has 4 aromatic rings. The van der Waals surface area contributed by atoms with Gasteiger partial charge in [0.15, 0.2) is 6.20 Å². The third kappa shape index (κ3) is 3.79. The van der Waals surface area contributed by atoms with Gasteiger partial charge in [0.1, 0.15) is 5.69 Å². The highest BCUT2D eigenvalue weighted by Crippen LogP contribution is 2.30. The normalized spacial score (nSPS) is 10.6. The van der Waals surface area contributed by atoms with Crippen LogP contribution in [0, 0.1) is 16.5 Å². The van der Waals surface area contributed by atoms with E-state index in [1.807, 2.05) is 6.07 Å². The van der Waals surface area contributed by atoms with Gasteiger partial charge in [-0.25, -0.2) is 0 Å². The minimum absolute atomic E-state index is 0.339. The van der Waals surface area contributed by atoms with Crippen molar-refractivity contribution in [3.8, 4) is 34.0 Å². The van der Waals surface area contributed by atoms with E-state index in [1.165, 1.54) is 17.0 Å². The number of pyridine rings is 2. The van der Waals surface area contributed by atoms with Crippen LogP contribution in [0.1, 0.15) is 5.56 Å². The highest BCUT2D eigenvalue weighted by molar-refractivity contribution is 6.35. The molecule has 0 N–H and O–H groups in total. The van der Waals surface area contributed by atoms with E-state index >= 15 is 0 Å². The maximum Gasteiger partial charge on any atom is 0.263 e. The lowest BCUT2D eigenvalue weighted by Gasteiger charge is -2.13. The molecule has 0 radical (unpaired) electrons. The summed E-state index contributed by atoms with van der Waals surface area (Å²) < 4.78 is 2.00. The van der Waals surface area contributed by atoms with E-state index in [2.05, 4.69) is 6.07 Å². The first-order valence-corrected chi connectivity index (χ1v) is 9.64. The summed E-state index contributed by atoms with van der Waals surface area (Å²) in [6.07, 6.45) is 4.25. The van der Waals surface area contributed by atoms with Crippen LogP contribution in [-0.4, -0.2) is 4.57 Å². The fraction of sp³-hybridized carbons (Fsp3) is 0. The van der Waals surface area contributed by atoms with Crippen LogP contribution in [0.4, 0.5) is 0 Å². The number of rotatable bonds is 3. The summed E-state index contributed by atoms with van der Waals surface area (Å²) in [7, 11) is 0. The number of halogens is 2. The highest BCUT2D eigenvalue weighted by Gasteiger charge is 2.15. The van der Waals surface area contributed by atoms with Crippen LogP contribution in [0.5, 0.6) is 0 Å².